The van der Waals surface area contributed by atoms with E-state index in [0.717, 1.165) is 11.9 Å². The Hall–Kier alpha value is -0.380. The van der Waals surface area contributed by atoms with E-state index in [9.17, 15) is 0 Å². The van der Waals surface area contributed by atoms with Crippen LogP contribution in [0.2, 0.25) is 0 Å². The van der Waals surface area contributed by atoms with E-state index in [1.54, 1.807) is 0 Å². The molecule has 0 fully saturated rings. The van der Waals surface area contributed by atoms with Crippen molar-refractivity contribution in [3.8, 4) is 0 Å². The zero-order valence-electron chi connectivity index (χ0n) is 10.5. The van der Waals surface area contributed by atoms with Gasteiger partial charge in [0.05, 0.1) is 0 Å². The number of hydrogen-bond acceptors (Lipinski definition) is 2. The van der Waals surface area contributed by atoms with Crippen molar-refractivity contribution >= 4 is 37.4 Å². The van der Waals surface area contributed by atoms with Gasteiger partial charge in [-0.2, -0.15) is 0 Å². The van der Waals surface area contributed by atoms with Crippen LogP contribution in [0, 0.1) is 0 Å². The summed E-state index contributed by atoms with van der Waals surface area (Å²) in [6.45, 7) is 5.52. The van der Waals surface area contributed by atoms with Crippen LogP contribution >= 0.6 is 27.3 Å². The van der Waals surface area contributed by atoms with Crippen LogP contribution in [0.1, 0.15) is 19.4 Å². The van der Waals surface area contributed by atoms with Crippen molar-refractivity contribution in [1.82, 2.24) is 4.90 Å². The molecule has 0 radical (unpaired) electrons. The molecule has 1 aromatic heterocycles. The fraction of sp³-hybridized carbons (Fsp3) is 0.429. The third-order valence-corrected chi connectivity index (χ3v) is 5.71. The maximum atomic E-state index is 3.59. The first kappa shape index (κ1) is 13.1. The molecule has 2 rings (SSSR count). The van der Waals surface area contributed by atoms with Gasteiger partial charge in [-0.15, -0.1) is 11.3 Å². The van der Waals surface area contributed by atoms with E-state index in [0.29, 0.717) is 0 Å². The number of hydrogen-bond donors (Lipinski definition) is 0. The molecule has 1 heterocycles. The zero-order chi connectivity index (χ0) is 12.5. The highest BCUT2D eigenvalue weighted by molar-refractivity contribution is 9.09. The van der Waals surface area contributed by atoms with Gasteiger partial charge in [-0.05, 0) is 43.3 Å². The number of thiophene rings is 1. The summed E-state index contributed by atoms with van der Waals surface area (Å²) in [5.41, 5.74) is 1.62. The first-order valence-corrected chi connectivity index (χ1v) is 7.77. The maximum Gasteiger partial charge on any atom is 0.0346 e. The molecule has 0 aliphatic carbocycles. The summed E-state index contributed by atoms with van der Waals surface area (Å²) < 4.78 is 1.38. The quantitative estimate of drug-likeness (QED) is 0.751. The minimum atomic E-state index is 0.184. The van der Waals surface area contributed by atoms with Crippen molar-refractivity contribution < 1.29 is 0 Å². The van der Waals surface area contributed by atoms with Gasteiger partial charge in [-0.3, -0.25) is 4.90 Å². The van der Waals surface area contributed by atoms with Gasteiger partial charge < -0.3 is 0 Å². The van der Waals surface area contributed by atoms with E-state index < -0.39 is 0 Å². The average molecular weight is 312 g/mol. The summed E-state index contributed by atoms with van der Waals surface area (Å²) in [5.74, 6) is 0. The lowest BCUT2D eigenvalue weighted by Gasteiger charge is -2.33. The molecule has 0 atom stereocenters. The van der Waals surface area contributed by atoms with Gasteiger partial charge in [0, 0.05) is 22.1 Å². The number of nitrogens with zero attached hydrogens (tertiary/aromatic N) is 1. The van der Waals surface area contributed by atoms with Crippen LogP contribution in [0.25, 0.3) is 10.1 Å². The van der Waals surface area contributed by atoms with Crippen LogP contribution < -0.4 is 0 Å². The third kappa shape index (κ3) is 2.72. The van der Waals surface area contributed by atoms with Gasteiger partial charge >= 0.3 is 0 Å². The second-order valence-electron chi connectivity index (χ2n) is 5.06. The normalized spacial score (nSPS) is 12.5. The van der Waals surface area contributed by atoms with Crippen molar-refractivity contribution in [2.75, 3.05) is 12.4 Å². The molecule has 1 nitrogen and oxygen atoms in total. The van der Waals surface area contributed by atoms with Crippen LogP contribution in [-0.2, 0) is 6.54 Å². The lowest BCUT2D eigenvalue weighted by Crippen LogP contribution is -2.41. The highest BCUT2D eigenvalue weighted by Crippen LogP contribution is 2.28. The first-order chi connectivity index (χ1) is 8.04. The van der Waals surface area contributed by atoms with Crippen molar-refractivity contribution in [3.05, 3.63) is 35.2 Å². The fourth-order valence-corrected chi connectivity index (χ4v) is 3.11. The monoisotopic (exact) mass is 311 g/mol. The lowest BCUT2D eigenvalue weighted by molar-refractivity contribution is 0.174. The van der Waals surface area contributed by atoms with Crippen LogP contribution in [0.15, 0.2) is 29.6 Å². The topological polar surface area (TPSA) is 3.24 Å². The molecule has 0 N–H and O–H groups in total. The summed E-state index contributed by atoms with van der Waals surface area (Å²) >= 11 is 5.42. The van der Waals surface area contributed by atoms with Crippen LogP contribution in [0.3, 0.4) is 0 Å². The maximum absolute atomic E-state index is 3.59. The Morgan fingerprint density at radius 1 is 1.29 bits per heavy atom. The molecule has 3 heteroatoms. The average Bonchev–Trinajstić information content (AvgIpc) is 2.73. The van der Waals surface area contributed by atoms with Crippen molar-refractivity contribution in [2.24, 2.45) is 0 Å². The highest BCUT2D eigenvalue weighted by atomic mass is 79.9. The van der Waals surface area contributed by atoms with Gasteiger partial charge in [0.2, 0.25) is 0 Å². The smallest absolute Gasteiger partial charge is 0.0346 e. The van der Waals surface area contributed by atoms with Crippen LogP contribution in [0.5, 0.6) is 0 Å². The number of alkyl halides is 1. The van der Waals surface area contributed by atoms with Crippen LogP contribution in [-0.4, -0.2) is 22.8 Å². The molecule has 2 aromatic rings. The summed E-state index contributed by atoms with van der Waals surface area (Å²) in [5, 5.41) is 4.67. The Kier molecular flexibility index (Phi) is 3.91. The summed E-state index contributed by atoms with van der Waals surface area (Å²) in [7, 11) is 2.19. The predicted molar refractivity (Wildman–Crippen MR) is 81.2 cm³/mol. The van der Waals surface area contributed by atoms with E-state index in [1.807, 2.05) is 11.3 Å². The Morgan fingerprint density at radius 2 is 2.00 bits per heavy atom. The second kappa shape index (κ2) is 5.09. The Balaban J connectivity index is 2.24. The summed E-state index contributed by atoms with van der Waals surface area (Å²) in [4.78, 5) is 2.40. The molecule has 0 bridgehead atoms. The fourth-order valence-electron chi connectivity index (χ4n) is 1.73. The standard InChI is InChI=1S/C14H18BrNS/c1-14(2,10-15)16(3)8-11-9-17-13-7-5-4-6-12(11)13/h4-7,9H,8,10H2,1-3H3. The number of fused-ring (bicyclic) bond motifs is 1. The molecule has 0 aliphatic heterocycles. The molecule has 92 valence electrons. The molecule has 0 aliphatic rings. The molecule has 0 unspecified atom stereocenters. The minimum absolute atomic E-state index is 0.184. The van der Waals surface area contributed by atoms with Crippen molar-refractivity contribution in [1.29, 1.82) is 0 Å². The molecule has 17 heavy (non-hydrogen) atoms. The van der Waals surface area contributed by atoms with Crippen molar-refractivity contribution in [2.45, 2.75) is 25.9 Å². The summed E-state index contributed by atoms with van der Waals surface area (Å²) in [6.07, 6.45) is 0. The summed E-state index contributed by atoms with van der Waals surface area (Å²) in [6, 6.07) is 8.64. The van der Waals surface area contributed by atoms with Gasteiger partial charge in [-0.25, -0.2) is 0 Å². The molecule has 0 saturated carbocycles. The van der Waals surface area contributed by atoms with E-state index >= 15 is 0 Å². The minimum Gasteiger partial charge on any atom is -0.296 e. The predicted octanol–water partition coefficient (Wildman–Crippen LogP) is 4.51. The Labute approximate surface area is 116 Å². The second-order valence-corrected chi connectivity index (χ2v) is 6.53. The molecule has 1 aromatic carbocycles. The Bertz CT molecular complexity index is 504. The number of rotatable bonds is 4. The highest BCUT2D eigenvalue weighted by Gasteiger charge is 2.22. The Morgan fingerprint density at radius 3 is 2.71 bits per heavy atom. The zero-order valence-corrected chi connectivity index (χ0v) is 12.9. The van der Waals surface area contributed by atoms with Crippen molar-refractivity contribution in [3.63, 3.8) is 0 Å². The molecular weight excluding hydrogens is 294 g/mol. The van der Waals surface area contributed by atoms with Gasteiger partial charge in [0.1, 0.15) is 0 Å². The number of halogens is 1. The molecule has 0 spiro atoms. The largest absolute Gasteiger partial charge is 0.296 e. The van der Waals surface area contributed by atoms with Crippen LogP contribution in [0.4, 0.5) is 0 Å². The van der Waals surface area contributed by atoms with Gasteiger partial charge in [-0.1, -0.05) is 34.1 Å². The molecule has 0 amide bonds. The van der Waals surface area contributed by atoms with E-state index in [1.165, 1.54) is 15.6 Å². The van der Waals surface area contributed by atoms with Gasteiger partial charge in [0.15, 0.2) is 0 Å². The number of benzene rings is 1. The van der Waals surface area contributed by atoms with E-state index in [2.05, 4.69) is 71.4 Å². The first-order valence-electron chi connectivity index (χ1n) is 5.77. The molecule has 0 saturated heterocycles. The third-order valence-electron chi connectivity index (χ3n) is 3.33. The SMILES string of the molecule is CN(Cc1csc2ccccc12)C(C)(C)CBr. The van der Waals surface area contributed by atoms with E-state index in [-0.39, 0.29) is 5.54 Å². The van der Waals surface area contributed by atoms with Gasteiger partial charge in [0.25, 0.3) is 0 Å². The van der Waals surface area contributed by atoms with E-state index in [4.69, 9.17) is 0 Å². The molecular formula is C14H18BrNS. The lowest BCUT2D eigenvalue weighted by atomic mass is 10.1.